The van der Waals surface area contributed by atoms with E-state index in [0.717, 1.165) is 28.2 Å². The number of halogens is 1. The fourth-order valence-electron chi connectivity index (χ4n) is 1.44. The highest BCUT2D eigenvalue weighted by molar-refractivity contribution is 9.10. The van der Waals surface area contributed by atoms with Crippen molar-refractivity contribution in [3.63, 3.8) is 0 Å². The summed E-state index contributed by atoms with van der Waals surface area (Å²) >= 11 is 3.47. The Bertz CT molecular complexity index is 493. The number of nitrogens with zero attached hydrogens (tertiary/aromatic N) is 2. The lowest BCUT2D eigenvalue weighted by Crippen LogP contribution is -2.21. The molecule has 0 spiro atoms. The third-order valence-electron chi connectivity index (χ3n) is 2.31. The minimum absolute atomic E-state index is 0.461. The Hall–Kier alpha value is -1.20. The van der Waals surface area contributed by atoms with Gasteiger partial charge in [0, 0.05) is 29.0 Å². The van der Waals surface area contributed by atoms with Gasteiger partial charge in [0.05, 0.1) is 6.20 Å². The summed E-state index contributed by atoms with van der Waals surface area (Å²) in [5.41, 5.74) is 1.90. The van der Waals surface area contributed by atoms with E-state index in [-0.39, 0.29) is 0 Å². The van der Waals surface area contributed by atoms with E-state index in [4.69, 9.17) is 0 Å². The monoisotopic (exact) mass is 294 g/mol. The number of hydrogen-bond donors (Lipinski definition) is 2. The van der Waals surface area contributed by atoms with Crippen LogP contribution < -0.4 is 5.32 Å². The Morgan fingerprint density at radius 3 is 2.94 bits per heavy atom. The van der Waals surface area contributed by atoms with Gasteiger partial charge < -0.3 is 10.3 Å². The zero-order chi connectivity index (χ0) is 12.3. The molecule has 4 nitrogen and oxygen atoms in total. The second-order valence-corrected chi connectivity index (χ2v) is 4.98. The molecule has 0 unspecified atom stereocenters. The molecule has 2 N–H and O–H groups in total. The zero-order valence-electron chi connectivity index (χ0n) is 9.87. The summed E-state index contributed by atoms with van der Waals surface area (Å²) in [6.07, 6.45) is 3.60. The average Bonchev–Trinajstić information content (AvgIpc) is 2.75. The van der Waals surface area contributed by atoms with Crippen molar-refractivity contribution in [3.05, 3.63) is 34.7 Å². The number of rotatable bonds is 4. The number of pyridine rings is 1. The molecular weight excluding hydrogens is 280 g/mol. The van der Waals surface area contributed by atoms with Gasteiger partial charge in [-0.3, -0.25) is 4.98 Å². The van der Waals surface area contributed by atoms with Crippen molar-refractivity contribution in [1.82, 2.24) is 20.3 Å². The SMILES string of the molecule is CC(C)NCc1cnc(-c2ncccc2Br)[nH]1. The number of nitrogens with one attached hydrogen (secondary N) is 2. The van der Waals surface area contributed by atoms with Crippen LogP contribution in [0.25, 0.3) is 11.5 Å². The standard InChI is InChI=1S/C12H15BrN4/c1-8(2)15-6-9-7-16-12(17-9)11-10(13)4-3-5-14-11/h3-5,7-8,15H,6H2,1-2H3,(H,16,17). The van der Waals surface area contributed by atoms with Gasteiger partial charge in [0.1, 0.15) is 5.69 Å². The molecule has 0 bridgehead atoms. The molecule has 0 atom stereocenters. The molecule has 0 radical (unpaired) electrons. The van der Waals surface area contributed by atoms with Gasteiger partial charge >= 0.3 is 0 Å². The molecule has 2 rings (SSSR count). The summed E-state index contributed by atoms with van der Waals surface area (Å²) in [6, 6.07) is 4.30. The number of H-pyrrole nitrogens is 1. The first-order valence-corrected chi connectivity index (χ1v) is 6.34. The molecule has 90 valence electrons. The van der Waals surface area contributed by atoms with Crippen LogP contribution in [0, 0.1) is 0 Å². The Morgan fingerprint density at radius 1 is 1.41 bits per heavy atom. The minimum atomic E-state index is 0.461. The van der Waals surface area contributed by atoms with E-state index in [0.29, 0.717) is 6.04 Å². The molecule has 0 aliphatic carbocycles. The molecule has 0 saturated heterocycles. The highest BCUT2D eigenvalue weighted by Gasteiger charge is 2.08. The molecule has 0 aliphatic rings. The summed E-state index contributed by atoms with van der Waals surface area (Å²) in [4.78, 5) is 11.9. The molecule has 2 aromatic rings. The van der Waals surface area contributed by atoms with Crippen molar-refractivity contribution >= 4 is 15.9 Å². The summed E-state index contributed by atoms with van der Waals surface area (Å²) in [5.74, 6) is 0.790. The Morgan fingerprint density at radius 2 is 2.24 bits per heavy atom. The van der Waals surface area contributed by atoms with E-state index in [1.165, 1.54) is 0 Å². The van der Waals surface area contributed by atoms with Crippen molar-refractivity contribution in [3.8, 4) is 11.5 Å². The number of aromatic nitrogens is 3. The second-order valence-electron chi connectivity index (χ2n) is 4.13. The third-order valence-corrected chi connectivity index (χ3v) is 2.95. The van der Waals surface area contributed by atoms with Crippen LogP contribution in [-0.4, -0.2) is 21.0 Å². The molecule has 0 fully saturated rings. The smallest absolute Gasteiger partial charge is 0.157 e. The number of imidazole rings is 1. The first-order valence-electron chi connectivity index (χ1n) is 5.55. The molecule has 17 heavy (non-hydrogen) atoms. The maximum Gasteiger partial charge on any atom is 0.157 e. The summed E-state index contributed by atoms with van der Waals surface area (Å²) < 4.78 is 0.942. The highest BCUT2D eigenvalue weighted by Crippen LogP contribution is 2.22. The van der Waals surface area contributed by atoms with Crippen LogP contribution in [0.2, 0.25) is 0 Å². The van der Waals surface area contributed by atoms with Crippen molar-refractivity contribution in [1.29, 1.82) is 0 Å². The summed E-state index contributed by atoms with van der Waals surface area (Å²) in [6.45, 7) is 5.02. The van der Waals surface area contributed by atoms with E-state index in [1.807, 2.05) is 18.3 Å². The van der Waals surface area contributed by atoms with Gasteiger partial charge in [0.2, 0.25) is 0 Å². The van der Waals surface area contributed by atoms with Crippen molar-refractivity contribution in [2.24, 2.45) is 0 Å². The summed E-state index contributed by atoms with van der Waals surface area (Å²) in [7, 11) is 0. The topological polar surface area (TPSA) is 53.6 Å². The van der Waals surface area contributed by atoms with Crippen molar-refractivity contribution in [2.75, 3.05) is 0 Å². The van der Waals surface area contributed by atoms with Crippen LogP contribution in [-0.2, 0) is 6.54 Å². The van der Waals surface area contributed by atoms with Crippen molar-refractivity contribution in [2.45, 2.75) is 26.4 Å². The van der Waals surface area contributed by atoms with Gasteiger partial charge in [-0.15, -0.1) is 0 Å². The van der Waals surface area contributed by atoms with Gasteiger partial charge in [0.15, 0.2) is 5.82 Å². The molecule has 0 aromatic carbocycles. The maximum atomic E-state index is 4.34. The van der Waals surface area contributed by atoms with E-state index < -0.39 is 0 Å². The van der Waals surface area contributed by atoms with Crippen LogP contribution >= 0.6 is 15.9 Å². The second kappa shape index (κ2) is 5.42. The van der Waals surface area contributed by atoms with Crippen LogP contribution in [0.4, 0.5) is 0 Å². The van der Waals surface area contributed by atoms with Crippen LogP contribution in [0.5, 0.6) is 0 Å². The van der Waals surface area contributed by atoms with E-state index >= 15 is 0 Å². The Balaban J connectivity index is 2.16. The van der Waals surface area contributed by atoms with Crippen LogP contribution in [0.1, 0.15) is 19.5 Å². The maximum absolute atomic E-state index is 4.34. The lowest BCUT2D eigenvalue weighted by molar-refractivity contribution is 0.583. The van der Waals surface area contributed by atoms with Gasteiger partial charge in [0.25, 0.3) is 0 Å². The van der Waals surface area contributed by atoms with Gasteiger partial charge in [-0.2, -0.15) is 0 Å². The number of hydrogen-bond acceptors (Lipinski definition) is 3. The van der Waals surface area contributed by atoms with Crippen LogP contribution in [0.3, 0.4) is 0 Å². The fraction of sp³-hybridized carbons (Fsp3) is 0.333. The quantitative estimate of drug-likeness (QED) is 0.912. The lowest BCUT2D eigenvalue weighted by atomic mass is 10.3. The van der Waals surface area contributed by atoms with Gasteiger partial charge in [-0.05, 0) is 28.1 Å². The molecule has 0 aliphatic heterocycles. The third kappa shape index (κ3) is 3.14. The van der Waals surface area contributed by atoms with E-state index in [9.17, 15) is 0 Å². The molecule has 5 heteroatoms. The van der Waals surface area contributed by atoms with Crippen molar-refractivity contribution < 1.29 is 0 Å². The van der Waals surface area contributed by atoms with Crippen LogP contribution in [0.15, 0.2) is 29.0 Å². The zero-order valence-corrected chi connectivity index (χ0v) is 11.5. The molecule has 2 aromatic heterocycles. The van der Waals surface area contributed by atoms with E-state index in [1.54, 1.807) is 6.20 Å². The minimum Gasteiger partial charge on any atom is -0.339 e. The average molecular weight is 295 g/mol. The first kappa shape index (κ1) is 12.3. The van der Waals surface area contributed by atoms with E-state index in [2.05, 4.69) is 50.0 Å². The molecule has 2 heterocycles. The van der Waals surface area contributed by atoms with Gasteiger partial charge in [-0.1, -0.05) is 13.8 Å². The van der Waals surface area contributed by atoms with Gasteiger partial charge in [-0.25, -0.2) is 4.98 Å². The Kier molecular flexibility index (Phi) is 3.91. The predicted molar refractivity (Wildman–Crippen MR) is 71.5 cm³/mol. The predicted octanol–water partition coefficient (Wildman–Crippen LogP) is 2.73. The summed E-state index contributed by atoms with van der Waals surface area (Å²) in [5, 5.41) is 3.34. The Labute approximate surface area is 109 Å². The first-order chi connectivity index (χ1) is 8.16. The number of aromatic amines is 1. The highest BCUT2D eigenvalue weighted by atomic mass is 79.9. The lowest BCUT2D eigenvalue weighted by Gasteiger charge is -2.05. The molecule has 0 amide bonds. The molecule has 0 saturated carbocycles. The fourth-order valence-corrected chi connectivity index (χ4v) is 1.89. The molecular formula is C12H15BrN4. The largest absolute Gasteiger partial charge is 0.339 e. The normalized spacial score (nSPS) is 11.1.